The maximum absolute atomic E-state index is 12.5. The second kappa shape index (κ2) is 18.0. The first kappa shape index (κ1) is 31.9. The predicted molar refractivity (Wildman–Crippen MR) is 154 cm³/mol. The molecule has 0 saturated carbocycles. The second-order valence-electron chi connectivity index (χ2n) is 9.58. The van der Waals surface area contributed by atoms with Crippen molar-refractivity contribution in [1.82, 2.24) is 15.5 Å². The molecular weight excluding hydrogens is 520 g/mol. The molecule has 11 heteroatoms. The molecule has 1 aromatic carbocycles. The van der Waals surface area contributed by atoms with Crippen molar-refractivity contribution in [3.05, 3.63) is 46.0 Å². The predicted octanol–water partition coefficient (Wildman–Crippen LogP) is 4.66. The maximum Gasteiger partial charge on any atom is 0.308 e. The summed E-state index contributed by atoms with van der Waals surface area (Å²) in [5, 5.41) is 16.1. The van der Waals surface area contributed by atoms with Crippen molar-refractivity contribution < 1.29 is 24.0 Å². The average Bonchev–Trinajstić information content (AvgIpc) is 2.91. The number of esters is 1. The molecule has 2 rings (SSSR count). The molecule has 1 heterocycles. The Morgan fingerprint density at radius 1 is 1.10 bits per heavy atom. The second-order valence-corrected chi connectivity index (χ2v) is 9.97. The Kier molecular flexibility index (Phi) is 14.7. The first-order valence-corrected chi connectivity index (χ1v) is 14.2. The fraction of sp³-hybridized carbons (Fsp3) is 0.571. The zero-order chi connectivity index (χ0) is 28.5. The van der Waals surface area contributed by atoms with Crippen molar-refractivity contribution in [2.45, 2.75) is 83.6 Å². The molecule has 0 bridgehead atoms. The number of hydrogen-bond acceptors (Lipinski definition) is 7. The maximum atomic E-state index is 12.5. The van der Waals surface area contributed by atoms with Crippen LogP contribution in [0.1, 0.15) is 83.1 Å². The molecule has 10 nitrogen and oxygen atoms in total. The minimum absolute atomic E-state index is 0.0377. The largest absolute Gasteiger partial charge is 0.466 e. The number of nitro benzene ring substituents is 1. The third-order valence-electron chi connectivity index (χ3n) is 6.47. The molecule has 1 aromatic rings. The highest BCUT2D eigenvalue weighted by Crippen LogP contribution is 2.14. The summed E-state index contributed by atoms with van der Waals surface area (Å²) in [6.45, 7) is 3.21. The lowest BCUT2D eigenvalue weighted by Crippen LogP contribution is -2.60. The molecule has 2 amide bonds. The van der Waals surface area contributed by atoms with Gasteiger partial charge in [0, 0.05) is 31.3 Å². The van der Waals surface area contributed by atoms with E-state index in [9.17, 15) is 24.5 Å². The van der Waals surface area contributed by atoms with E-state index < -0.39 is 22.8 Å². The van der Waals surface area contributed by atoms with Gasteiger partial charge in [0.05, 0.1) is 18.0 Å². The third kappa shape index (κ3) is 12.4. The van der Waals surface area contributed by atoms with Crippen LogP contribution in [0.5, 0.6) is 0 Å². The number of nitro groups is 1. The normalized spacial score (nSPS) is 15.2. The number of unbranched alkanes of at least 4 members (excludes halogenated alkanes) is 9. The Bertz CT molecular complexity index is 998. The fourth-order valence-corrected chi connectivity index (χ4v) is 4.57. The number of hydrogen-bond donors (Lipinski definition) is 2. The van der Waals surface area contributed by atoms with Gasteiger partial charge in [-0.2, -0.15) is 0 Å². The van der Waals surface area contributed by atoms with Gasteiger partial charge in [0.2, 0.25) is 11.8 Å². The summed E-state index contributed by atoms with van der Waals surface area (Å²) in [6.07, 6.45) is 14.4. The van der Waals surface area contributed by atoms with Gasteiger partial charge >= 0.3 is 5.97 Å². The van der Waals surface area contributed by atoms with Crippen LogP contribution >= 0.6 is 12.2 Å². The van der Waals surface area contributed by atoms with Crippen molar-refractivity contribution in [3.8, 4) is 0 Å². The highest BCUT2D eigenvalue weighted by molar-refractivity contribution is 7.80. The highest BCUT2D eigenvalue weighted by atomic mass is 32.1. The van der Waals surface area contributed by atoms with Gasteiger partial charge in [-0.1, -0.05) is 64.7 Å². The minimum Gasteiger partial charge on any atom is -0.466 e. The first-order chi connectivity index (χ1) is 18.8. The van der Waals surface area contributed by atoms with Crippen molar-refractivity contribution in [1.29, 1.82) is 0 Å². The SMILES string of the molecule is CCCCCCCCCCCCOC(=O)CC1C(=O)NCCN1C(=S)NC(=O)/C=C/c1ccc([N+](=O)[O-])cc1. The van der Waals surface area contributed by atoms with Crippen LogP contribution in [0.25, 0.3) is 6.08 Å². The summed E-state index contributed by atoms with van der Waals surface area (Å²) >= 11 is 5.35. The van der Waals surface area contributed by atoms with E-state index in [0.29, 0.717) is 25.3 Å². The van der Waals surface area contributed by atoms with Crippen LogP contribution in [0.2, 0.25) is 0 Å². The van der Waals surface area contributed by atoms with E-state index in [0.717, 1.165) is 19.3 Å². The number of carbonyl (C=O) groups is 3. The third-order valence-corrected chi connectivity index (χ3v) is 6.81. The number of benzene rings is 1. The van der Waals surface area contributed by atoms with Crippen molar-refractivity contribution >= 4 is 46.9 Å². The van der Waals surface area contributed by atoms with Gasteiger partial charge in [-0.25, -0.2) is 0 Å². The standard InChI is InChI=1S/C28H40N4O6S/c1-2-3-4-5-6-7-8-9-10-11-20-38-26(34)21-24-27(35)29-18-19-31(24)28(39)30-25(33)17-14-22-12-15-23(16-13-22)32(36)37/h12-17,24H,2-11,18-21H2,1H3,(H,29,35)(H,30,33,39)/b17-14+. The Morgan fingerprint density at radius 2 is 1.72 bits per heavy atom. The molecule has 1 saturated heterocycles. The van der Waals surface area contributed by atoms with E-state index in [-0.39, 0.29) is 23.1 Å². The number of carbonyl (C=O) groups excluding carboxylic acids is 3. The van der Waals surface area contributed by atoms with Gasteiger partial charge in [0.1, 0.15) is 6.04 Å². The molecular formula is C28H40N4O6S. The summed E-state index contributed by atoms with van der Waals surface area (Å²) in [7, 11) is 0. The number of amides is 2. The summed E-state index contributed by atoms with van der Waals surface area (Å²) in [6, 6.07) is 4.85. The highest BCUT2D eigenvalue weighted by Gasteiger charge is 2.34. The van der Waals surface area contributed by atoms with Gasteiger partial charge < -0.3 is 15.0 Å². The number of nitrogens with one attached hydrogen (secondary N) is 2. The molecule has 1 aliphatic heterocycles. The summed E-state index contributed by atoms with van der Waals surface area (Å²) in [5.74, 6) is -1.35. The smallest absolute Gasteiger partial charge is 0.308 e. The quantitative estimate of drug-likeness (QED) is 0.0745. The van der Waals surface area contributed by atoms with E-state index >= 15 is 0 Å². The molecule has 1 atom stereocenters. The van der Waals surface area contributed by atoms with E-state index in [1.807, 2.05) is 0 Å². The molecule has 1 unspecified atom stereocenters. The Hall–Kier alpha value is -3.34. The Morgan fingerprint density at radius 3 is 2.33 bits per heavy atom. The van der Waals surface area contributed by atoms with Crippen LogP contribution in [0.4, 0.5) is 5.69 Å². The number of nitrogens with zero attached hydrogens (tertiary/aromatic N) is 2. The van der Waals surface area contributed by atoms with Gasteiger partial charge in [0.15, 0.2) is 5.11 Å². The van der Waals surface area contributed by atoms with E-state index in [2.05, 4.69) is 17.6 Å². The van der Waals surface area contributed by atoms with Crippen molar-refractivity contribution in [2.24, 2.45) is 0 Å². The van der Waals surface area contributed by atoms with E-state index in [4.69, 9.17) is 17.0 Å². The number of rotatable bonds is 16. The number of thiocarbonyl (C=S) groups is 1. The van der Waals surface area contributed by atoms with Crippen molar-refractivity contribution in [2.75, 3.05) is 19.7 Å². The van der Waals surface area contributed by atoms with Gasteiger partial charge in [0.25, 0.3) is 5.69 Å². The fourth-order valence-electron chi connectivity index (χ4n) is 4.25. The van der Waals surface area contributed by atoms with Crippen LogP contribution < -0.4 is 10.6 Å². The number of non-ortho nitro benzene ring substituents is 1. The average molecular weight is 561 g/mol. The van der Waals surface area contributed by atoms with Crippen LogP contribution in [0, 0.1) is 10.1 Å². The number of ether oxygens (including phenoxy) is 1. The molecule has 0 aromatic heterocycles. The summed E-state index contributed by atoms with van der Waals surface area (Å²) in [4.78, 5) is 49.0. The van der Waals surface area contributed by atoms with Crippen LogP contribution in [-0.2, 0) is 19.1 Å². The van der Waals surface area contributed by atoms with E-state index in [1.165, 1.54) is 86.3 Å². The minimum atomic E-state index is -0.870. The Balaban J connectivity index is 1.73. The monoisotopic (exact) mass is 560 g/mol. The summed E-state index contributed by atoms with van der Waals surface area (Å²) < 4.78 is 5.36. The lowest BCUT2D eigenvalue weighted by atomic mass is 10.1. The Labute approximate surface area is 235 Å². The van der Waals surface area contributed by atoms with Crippen LogP contribution in [0.3, 0.4) is 0 Å². The lowest BCUT2D eigenvalue weighted by Gasteiger charge is -2.36. The molecule has 0 radical (unpaired) electrons. The van der Waals surface area contributed by atoms with Gasteiger partial charge in [-0.05, 0) is 42.4 Å². The number of piperazine rings is 1. The zero-order valence-corrected chi connectivity index (χ0v) is 23.5. The van der Waals surface area contributed by atoms with Gasteiger partial charge in [-0.3, -0.25) is 29.8 Å². The van der Waals surface area contributed by atoms with Crippen LogP contribution in [0.15, 0.2) is 30.3 Å². The first-order valence-electron chi connectivity index (χ1n) is 13.8. The molecule has 1 aliphatic rings. The molecule has 0 aliphatic carbocycles. The topological polar surface area (TPSA) is 131 Å². The lowest BCUT2D eigenvalue weighted by molar-refractivity contribution is -0.384. The summed E-state index contributed by atoms with van der Waals surface area (Å²) in [5.41, 5.74) is 0.552. The zero-order valence-electron chi connectivity index (χ0n) is 22.7. The van der Waals surface area contributed by atoms with E-state index in [1.54, 1.807) is 0 Å². The molecule has 214 valence electrons. The molecule has 39 heavy (non-hydrogen) atoms. The molecule has 0 spiro atoms. The van der Waals surface area contributed by atoms with Crippen molar-refractivity contribution in [3.63, 3.8) is 0 Å². The van der Waals surface area contributed by atoms with Gasteiger partial charge in [-0.15, -0.1) is 0 Å². The van der Waals surface area contributed by atoms with Crippen LogP contribution in [-0.4, -0.2) is 58.5 Å². The molecule has 1 fully saturated rings. The molecule has 2 N–H and O–H groups in total.